The Balaban J connectivity index is 2.51. The van der Waals surface area contributed by atoms with Crippen LogP contribution in [-0.4, -0.2) is 43.7 Å². The van der Waals surface area contributed by atoms with Crippen LogP contribution in [0, 0.1) is 0 Å². The Hall–Kier alpha value is -2.22. The molecule has 102 valence electrons. The first-order valence-corrected chi connectivity index (χ1v) is 5.97. The zero-order chi connectivity index (χ0) is 13.8. The molecular weight excluding hydrogens is 248 g/mol. The Morgan fingerprint density at radius 3 is 2.89 bits per heavy atom. The number of carbonyl (C=O) groups excluding carboxylic acids is 1. The zero-order valence-corrected chi connectivity index (χ0v) is 10.9. The molecule has 0 saturated carbocycles. The highest BCUT2D eigenvalue weighted by Crippen LogP contribution is 2.20. The molecule has 8 heteroatoms. The lowest BCUT2D eigenvalue weighted by molar-refractivity contribution is 0.0520. The summed E-state index contributed by atoms with van der Waals surface area (Å²) in [5.41, 5.74) is 6.21. The quantitative estimate of drug-likeness (QED) is 0.751. The fourth-order valence-corrected chi connectivity index (χ4v) is 1.74. The number of rotatable bonds is 5. The van der Waals surface area contributed by atoms with Gasteiger partial charge in [0.15, 0.2) is 5.82 Å². The van der Waals surface area contributed by atoms with Gasteiger partial charge in [-0.3, -0.25) is 0 Å². The summed E-state index contributed by atoms with van der Waals surface area (Å²) in [6.07, 6.45) is 3.42. The van der Waals surface area contributed by atoms with E-state index in [1.54, 1.807) is 28.6 Å². The van der Waals surface area contributed by atoms with Gasteiger partial charge in [-0.05, 0) is 6.92 Å². The summed E-state index contributed by atoms with van der Waals surface area (Å²) in [5, 5.41) is 7.82. The number of aryl methyl sites for hydroxylation is 1. The highest BCUT2D eigenvalue weighted by Gasteiger charge is 2.24. The van der Waals surface area contributed by atoms with E-state index in [4.69, 9.17) is 10.5 Å². The van der Waals surface area contributed by atoms with Gasteiger partial charge in [0.2, 0.25) is 5.69 Å². The normalized spacial score (nSPS) is 10.7. The van der Waals surface area contributed by atoms with Gasteiger partial charge in [0, 0.05) is 26.0 Å². The van der Waals surface area contributed by atoms with Gasteiger partial charge in [0.1, 0.15) is 5.69 Å². The minimum absolute atomic E-state index is 0.157. The molecule has 0 atom stereocenters. The molecule has 8 nitrogen and oxygen atoms in total. The van der Waals surface area contributed by atoms with Crippen molar-refractivity contribution in [3.63, 3.8) is 0 Å². The molecule has 2 aromatic heterocycles. The highest BCUT2D eigenvalue weighted by molar-refractivity contribution is 5.93. The van der Waals surface area contributed by atoms with Gasteiger partial charge in [0.25, 0.3) is 0 Å². The second-order valence-electron chi connectivity index (χ2n) is 3.88. The number of carbonyl (C=O) groups is 1. The molecule has 19 heavy (non-hydrogen) atoms. The van der Waals surface area contributed by atoms with Gasteiger partial charge < -0.3 is 15.0 Å². The largest absolute Gasteiger partial charge is 0.461 e. The van der Waals surface area contributed by atoms with Gasteiger partial charge >= 0.3 is 5.97 Å². The van der Waals surface area contributed by atoms with E-state index in [1.165, 1.54) is 0 Å². The van der Waals surface area contributed by atoms with Crippen LogP contribution in [0.2, 0.25) is 0 Å². The van der Waals surface area contributed by atoms with Crippen LogP contribution in [0.15, 0.2) is 12.4 Å². The Morgan fingerprint density at radius 2 is 2.32 bits per heavy atom. The highest BCUT2D eigenvalue weighted by atomic mass is 16.5. The molecule has 0 fully saturated rings. The van der Waals surface area contributed by atoms with E-state index < -0.39 is 5.97 Å². The molecule has 0 saturated heterocycles. The van der Waals surface area contributed by atoms with E-state index >= 15 is 0 Å². The molecule has 0 radical (unpaired) electrons. The first-order chi connectivity index (χ1) is 9.19. The first kappa shape index (κ1) is 13.2. The van der Waals surface area contributed by atoms with E-state index in [0.29, 0.717) is 24.6 Å². The van der Waals surface area contributed by atoms with Crippen molar-refractivity contribution in [1.82, 2.24) is 24.5 Å². The molecule has 0 bridgehead atoms. The Morgan fingerprint density at radius 1 is 1.53 bits per heavy atom. The van der Waals surface area contributed by atoms with Crippen molar-refractivity contribution < 1.29 is 9.53 Å². The molecule has 0 spiro atoms. The average molecular weight is 264 g/mol. The monoisotopic (exact) mass is 264 g/mol. The standard InChI is InChI=1S/C11H16N6O2/c1-3-19-11(18)8-9(10-13-5-7-16(10)2)17(6-4-12)15-14-8/h5,7H,3-4,6,12H2,1-2H3. The fourth-order valence-electron chi connectivity index (χ4n) is 1.74. The van der Waals surface area contributed by atoms with Crippen molar-refractivity contribution in [3.8, 4) is 11.5 Å². The van der Waals surface area contributed by atoms with Crippen LogP contribution in [0.1, 0.15) is 17.4 Å². The van der Waals surface area contributed by atoms with Gasteiger partial charge in [-0.15, -0.1) is 5.10 Å². The molecule has 2 rings (SSSR count). The number of nitrogens with zero attached hydrogens (tertiary/aromatic N) is 5. The maximum Gasteiger partial charge on any atom is 0.361 e. The van der Waals surface area contributed by atoms with Crippen LogP contribution in [0.5, 0.6) is 0 Å². The second-order valence-corrected chi connectivity index (χ2v) is 3.88. The minimum atomic E-state index is -0.510. The van der Waals surface area contributed by atoms with Crippen molar-refractivity contribution in [2.24, 2.45) is 12.8 Å². The van der Waals surface area contributed by atoms with Crippen molar-refractivity contribution in [2.75, 3.05) is 13.2 Å². The third-order valence-corrected chi connectivity index (χ3v) is 2.58. The maximum atomic E-state index is 11.9. The molecule has 2 aromatic rings. The van der Waals surface area contributed by atoms with Gasteiger partial charge in [0.05, 0.1) is 13.2 Å². The van der Waals surface area contributed by atoms with Crippen molar-refractivity contribution >= 4 is 5.97 Å². The molecular formula is C11H16N6O2. The van der Waals surface area contributed by atoms with Gasteiger partial charge in [-0.1, -0.05) is 5.21 Å². The number of hydrogen-bond acceptors (Lipinski definition) is 6. The van der Waals surface area contributed by atoms with Crippen LogP contribution in [0.3, 0.4) is 0 Å². The predicted octanol–water partition coefficient (Wildman–Crippen LogP) is -0.186. The summed E-state index contributed by atoms with van der Waals surface area (Å²) in [6.45, 7) is 2.86. The fraction of sp³-hybridized carbons (Fsp3) is 0.455. The topological polar surface area (TPSA) is 101 Å². The lowest BCUT2D eigenvalue weighted by atomic mass is 10.3. The van der Waals surface area contributed by atoms with E-state index in [1.807, 2.05) is 7.05 Å². The zero-order valence-electron chi connectivity index (χ0n) is 10.9. The van der Waals surface area contributed by atoms with Crippen molar-refractivity contribution in [2.45, 2.75) is 13.5 Å². The summed E-state index contributed by atoms with van der Waals surface area (Å²) in [6, 6.07) is 0. The summed E-state index contributed by atoms with van der Waals surface area (Å²) >= 11 is 0. The molecule has 2 heterocycles. The number of imidazole rings is 1. The van der Waals surface area contributed by atoms with Crippen LogP contribution >= 0.6 is 0 Å². The third kappa shape index (κ3) is 2.48. The summed E-state index contributed by atoms with van der Waals surface area (Å²) in [4.78, 5) is 16.1. The lowest BCUT2D eigenvalue weighted by Crippen LogP contribution is -2.14. The Bertz CT molecular complexity index is 574. The van der Waals surface area contributed by atoms with E-state index in [9.17, 15) is 4.79 Å². The Kier molecular flexibility index (Phi) is 3.91. The maximum absolute atomic E-state index is 11.9. The molecule has 0 aliphatic rings. The van der Waals surface area contributed by atoms with Crippen LogP contribution < -0.4 is 5.73 Å². The molecule has 0 aromatic carbocycles. The minimum Gasteiger partial charge on any atom is -0.461 e. The van der Waals surface area contributed by atoms with Crippen LogP contribution in [0.4, 0.5) is 0 Å². The van der Waals surface area contributed by atoms with Gasteiger partial charge in [-0.2, -0.15) is 0 Å². The van der Waals surface area contributed by atoms with E-state index in [2.05, 4.69) is 15.3 Å². The molecule has 2 N–H and O–H groups in total. The van der Waals surface area contributed by atoms with Crippen LogP contribution in [-0.2, 0) is 18.3 Å². The smallest absolute Gasteiger partial charge is 0.361 e. The average Bonchev–Trinajstić information content (AvgIpc) is 2.96. The summed E-state index contributed by atoms with van der Waals surface area (Å²) in [5.74, 6) is 0.0882. The number of aromatic nitrogens is 5. The number of nitrogens with two attached hydrogens (primary N) is 1. The number of ether oxygens (including phenoxy) is 1. The predicted molar refractivity (Wildman–Crippen MR) is 67.2 cm³/mol. The van der Waals surface area contributed by atoms with Gasteiger partial charge in [-0.25, -0.2) is 14.5 Å². The molecule has 0 aliphatic heterocycles. The molecule has 0 aliphatic carbocycles. The van der Waals surface area contributed by atoms with E-state index in [0.717, 1.165) is 0 Å². The van der Waals surface area contributed by atoms with Crippen molar-refractivity contribution in [1.29, 1.82) is 0 Å². The Labute approximate surface area is 110 Å². The molecule has 0 amide bonds. The third-order valence-electron chi connectivity index (χ3n) is 2.58. The summed E-state index contributed by atoms with van der Waals surface area (Å²) < 4.78 is 8.33. The second kappa shape index (κ2) is 5.61. The molecule has 0 unspecified atom stereocenters. The first-order valence-electron chi connectivity index (χ1n) is 5.97. The summed E-state index contributed by atoms with van der Waals surface area (Å²) in [7, 11) is 1.83. The van der Waals surface area contributed by atoms with Crippen LogP contribution in [0.25, 0.3) is 11.5 Å². The number of esters is 1. The van der Waals surface area contributed by atoms with E-state index in [-0.39, 0.29) is 12.3 Å². The SMILES string of the molecule is CCOC(=O)c1nnn(CCN)c1-c1nccn1C. The lowest BCUT2D eigenvalue weighted by Gasteiger charge is -2.06. The van der Waals surface area contributed by atoms with Crippen molar-refractivity contribution in [3.05, 3.63) is 18.1 Å². The number of hydrogen-bond donors (Lipinski definition) is 1.